The number of carbonyl (C=O) groups is 2. The van der Waals surface area contributed by atoms with Crippen LogP contribution in [0.2, 0.25) is 0 Å². The quantitative estimate of drug-likeness (QED) is 0.400. The molecule has 2 fully saturated rings. The minimum Gasteiger partial charge on any atom is -0.477 e. The van der Waals surface area contributed by atoms with Crippen molar-refractivity contribution in [2.75, 3.05) is 23.3 Å². The maximum absolute atomic E-state index is 12.9. The van der Waals surface area contributed by atoms with Crippen LogP contribution >= 0.6 is 11.5 Å². The topological polar surface area (TPSA) is 148 Å². The van der Waals surface area contributed by atoms with Gasteiger partial charge in [-0.15, -0.1) is 0 Å². The molecule has 4 aromatic rings. The number of aryl methyl sites for hydroxylation is 2. The first-order chi connectivity index (χ1) is 17.3. The van der Waals surface area contributed by atoms with E-state index in [0.717, 1.165) is 30.1 Å². The van der Waals surface area contributed by atoms with Gasteiger partial charge in [0.1, 0.15) is 17.7 Å². The van der Waals surface area contributed by atoms with Crippen molar-refractivity contribution < 1.29 is 14.7 Å². The van der Waals surface area contributed by atoms with Gasteiger partial charge in [0.25, 0.3) is 0 Å². The van der Waals surface area contributed by atoms with Crippen molar-refractivity contribution in [2.24, 2.45) is 13.0 Å². The van der Waals surface area contributed by atoms with Crippen molar-refractivity contribution in [3.63, 3.8) is 0 Å². The van der Waals surface area contributed by atoms with E-state index in [1.165, 1.54) is 17.1 Å². The molecule has 1 saturated heterocycles. The van der Waals surface area contributed by atoms with Crippen molar-refractivity contribution in [3.8, 4) is 5.13 Å². The SMILES string of the molecule is Cc1cc(N2CC(C(=O)Nc3cc(C4CC4)n(C)n3)C2)nc2c1c(=O)c(C(=O)O)cn2-c1ncns1. The minimum atomic E-state index is -1.32. The molecule has 2 N–H and O–H groups in total. The third kappa shape index (κ3) is 3.71. The Kier molecular flexibility index (Phi) is 5.10. The number of hydrogen-bond donors (Lipinski definition) is 2. The van der Waals surface area contributed by atoms with Crippen molar-refractivity contribution in [1.29, 1.82) is 0 Å². The van der Waals surface area contributed by atoms with E-state index in [1.54, 1.807) is 13.0 Å². The molecule has 0 aromatic carbocycles. The molecule has 2 aliphatic rings. The Hall–Kier alpha value is -4.13. The molecule has 5 heterocycles. The van der Waals surface area contributed by atoms with Crippen molar-refractivity contribution in [3.05, 3.63) is 51.7 Å². The Bertz CT molecular complexity index is 1580. The van der Waals surface area contributed by atoms with Gasteiger partial charge in [0.2, 0.25) is 16.5 Å². The van der Waals surface area contributed by atoms with E-state index >= 15 is 0 Å². The lowest BCUT2D eigenvalue weighted by molar-refractivity contribution is -0.120. The van der Waals surface area contributed by atoms with Gasteiger partial charge in [-0.2, -0.15) is 9.47 Å². The van der Waals surface area contributed by atoms with E-state index in [-0.39, 0.29) is 22.8 Å². The molecule has 36 heavy (non-hydrogen) atoms. The van der Waals surface area contributed by atoms with Crippen molar-refractivity contribution in [1.82, 2.24) is 28.7 Å². The highest BCUT2D eigenvalue weighted by Crippen LogP contribution is 2.40. The first kappa shape index (κ1) is 22.3. The van der Waals surface area contributed by atoms with Crippen LogP contribution in [0.25, 0.3) is 16.2 Å². The number of fused-ring (bicyclic) bond motifs is 1. The highest BCUT2D eigenvalue weighted by Gasteiger charge is 2.35. The van der Waals surface area contributed by atoms with Crippen LogP contribution in [-0.4, -0.2) is 58.8 Å². The summed E-state index contributed by atoms with van der Waals surface area (Å²) in [6, 6.07) is 3.69. The molecule has 12 nitrogen and oxygen atoms in total. The normalized spacial score (nSPS) is 15.8. The zero-order valence-electron chi connectivity index (χ0n) is 19.5. The van der Waals surface area contributed by atoms with Gasteiger partial charge < -0.3 is 15.3 Å². The number of pyridine rings is 2. The molecular weight excluding hydrogens is 484 g/mol. The standard InChI is InChI=1S/C23H22N8O4S/c1-11-5-17(27-20-18(11)19(32)14(22(34)35)9-31(20)23-24-10-25-36-23)30-7-13(8-30)21(33)26-16-6-15(12-3-4-12)29(2)28-16/h5-6,9-10,12-13H,3-4,7-8H2,1-2H3,(H,34,35)(H,26,28,33). The molecule has 1 amide bonds. The van der Waals surface area contributed by atoms with Gasteiger partial charge in [-0.25, -0.2) is 14.8 Å². The van der Waals surface area contributed by atoms with Crippen LogP contribution in [0.5, 0.6) is 0 Å². The number of aromatic carboxylic acids is 1. The van der Waals surface area contributed by atoms with Gasteiger partial charge in [-0.05, 0) is 31.4 Å². The van der Waals surface area contributed by atoms with Gasteiger partial charge in [-0.1, -0.05) is 0 Å². The molecule has 184 valence electrons. The number of nitrogens with one attached hydrogen (secondary N) is 1. The second kappa shape index (κ2) is 8.22. The first-order valence-electron chi connectivity index (χ1n) is 11.5. The van der Waals surface area contributed by atoms with Gasteiger partial charge in [0.05, 0.1) is 11.3 Å². The molecule has 1 aliphatic heterocycles. The van der Waals surface area contributed by atoms with Gasteiger partial charge in [-0.3, -0.25) is 18.8 Å². The van der Waals surface area contributed by atoms with Gasteiger partial charge in [0, 0.05) is 55.5 Å². The lowest BCUT2D eigenvalue weighted by Crippen LogP contribution is -2.52. The Balaban J connectivity index is 1.27. The fraction of sp³-hybridized carbons (Fsp3) is 0.348. The average Bonchev–Trinajstić information content (AvgIpc) is 3.35. The zero-order chi connectivity index (χ0) is 25.1. The summed E-state index contributed by atoms with van der Waals surface area (Å²) in [5, 5.41) is 17.5. The van der Waals surface area contributed by atoms with E-state index in [4.69, 9.17) is 0 Å². The largest absolute Gasteiger partial charge is 0.477 e. The van der Waals surface area contributed by atoms with Crippen LogP contribution in [0.3, 0.4) is 0 Å². The summed E-state index contributed by atoms with van der Waals surface area (Å²) in [4.78, 5) is 48.2. The summed E-state index contributed by atoms with van der Waals surface area (Å²) in [5.41, 5.74) is 1.07. The van der Waals surface area contributed by atoms with E-state index < -0.39 is 11.4 Å². The minimum absolute atomic E-state index is 0.0962. The molecule has 0 unspecified atom stereocenters. The van der Waals surface area contributed by atoms with Crippen molar-refractivity contribution in [2.45, 2.75) is 25.7 Å². The molecule has 0 atom stereocenters. The van der Waals surface area contributed by atoms with Crippen molar-refractivity contribution >= 4 is 46.1 Å². The highest BCUT2D eigenvalue weighted by molar-refractivity contribution is 7.08. The number of aromatic nitrogens is 6. The van der Waals surface area contributed by atoms with E-state index in [2.05, 4.69) is 24.8 Å². The second-order valence-corrected chi connectivity index (χ2v) is 9.97. The van der Waals surface area contributed by atoms with E-state index in [1.807, 2.05) is 22.7 Å². The lowest BCUT2D eigenvalue weighted by Gasteiger charge is -2.39. The number of carbonyl (C=O) groups excluding carboxylic acids is 1. The summed E-state index contributed by atoms with van der Waals surface area (Å²) < 4.78 is 7.30. The third-order valence-electron chi connectivity index (χ3n) is 6.67. The van der Waals surface area contributed by atoms with Gasteiger partial charge in [0.15, 0.2) is 11.5 Å². The predicted octanol–water partition coefficient (Wildman–Crippen LogP) is 1.93. The number of hydrogen-bond acceptors (Lipinski definition) is 9. The second-order valence-electron chi connectivity index (χ2n) is 9.21. The molecule has 0 bridgehead atoms. The summed E-state index contributed by atoms with van der Waals surface area (Å²) in [6.45, 7) is 2.66. The summed E-state index contributed by atoms with van der Waals surface area (Å²) in [6.07, 6.45) is 4.91. The Morgan fingerprint density at radius 3 is 2.67 bits per heavy atom. The maximum atomic E-state index is 12.9. The van der Waals surface area contributed by atoms with Crippen LogP contribution in [-0.2, 0) is 11.8 Å². The zero-order valence-corrected chi connectivity index (χ0v) is 20.3. The predicted molar refractivity (Wildman–Crippen MR) is 132 cm³/mol. The Morgan fingerprint density at radius 1 is 1.22 bits per heavy atom. The first-order valence-corrected chi connectivity index (χ1v) is 12.2. The van der Waals surface area contributed by atoms with Crippen LogP contribution in [0, 0.1) is 12.8 Å². The van der Waals surface area contributed by atoms with E-state index in [9.17, 15) is 19.5 Å². The monoisotopic (exact) mass is 506 g/mol. The number of carboxylic acids is 1. The Morgan fingerprint density at radius 2 is 2.00 bits per heavy atom. The number of carboxylic acid groups (broad SMARTS) is 1. The Labute approximate surface area is 208 Å². The average molecular weight is 507 g/mol. The number of amides is 1. The molecule has 0 radical (unpaired) electrons. The highest BCUT2D eigenvalue weighted by atomic mass is 32.1. The molecule has 4 aromatic heterocycles. The number of anilines is 2. The molecule has 1 aliphatic carbocycles. The smallest absolute Gasteiger partial charge is 0.341 e. The molecule has 13 heteroatoms. The van der Waals surface area contributed by atoms with Crippen LogP contribution in [0.1, 0.15) is 40.4 Å². The van der Waals surface area contributed by atoms with E-state index in [0.29, 0.717) is 47.0 Å². The maximum Gasteiger partial charge on any atom is 0.341 e. The fourth-order valence-electron chi connectivity index (χ4n) is 4.57. The number of nitrogens with zero attached hydrogens (tertiary/aromatic N) is 7. The molecule has 1 saturated carbocycles. The van der Waals surface area contributed by atoms with Crippen LogP contribution in [0.15, 0.2) is 29.5 Å². The lowest BCUT2D eigenvalue weighted by atomic mass is 9.98. The summed E-state index contributed by atoms with van der Waals surface area (Å²) >= 11 is 1.06. The van der Waals surface area contributed by atoms with Gasteiger partial charge >= 0.3 is 5.97 Å². The molecule has 0 spiro atoms. The number of rotatable bonds is 6. The van der Waals surface area contributed by atoms with Crippen LogP contribution in [0.4, 0.5) is 11.6 Å². The van der Waals surface area contributed by atoms with Crippen LogP contribution < -0.4 is 15.6 Å². The molecular formula is C23H22N8O4S. The molecule has 6 rings (SSSR count). The summed E-state index contributed by atoms with van der Waals surface area (Å²) in [5.74, 6) is 0.0579. The summed E-state index contributed by atoms with van der Waals surface area (Å²) in [7, 11) is 1.89. The third-order valence-corrected chi connectivity index (χ3v) is 7.33. The fourth-order valence-corrected chi connectivity index (χ4v) is 5.08.